The van der Waals surface area contributed by atoms with Gasteiger partial charge in [0.25, 0.3) is 0 Å². The number of benzene rings is 1. The number of aromatic hydroxyl groups is 1. The molecular formula is C11H14N4O2S. The summed E-state index contributed by atoms with van der Waals surface area (Å²) >= 11 is 1.49. The van der Waals surface area contributed by atoms with Gasteiger partial charge in [0.1, 0.15) is 5.75 Å². The van der Waals surface area contributed by atoms with E-state index < -0.39 is 0 Å². The second-order valence-electron chi connectivity index (χ2n) is 3.88. The van der Waals surface area contributed by atoms with Crippen LogP contribution in [0, 0.1) is 0 Å². The quantitative estimate of drug-likeness (QED) is 0.792. The van der Waals surface area contributed by atoms with Crippen LogP contribution < -0.4 is 0 Å². The number of nitrogens with zero attached hydrogens (tertiary/aromatic N) is 4. The topological polar surface area (TPSA) is 84.1 Å². The molecule has 2 N–H and O–H groups in total. The predicted molar refractivity (Wildman–Crippen MR) is 67.8 cm³/mol. The van der Waals surface area contributed by atoms with E-state index in [1.807, 2.05) is 0 Å². The maximum Gasteiger partial charge on any atom is 0.214 e. The fraction of sp³-hybridized carbons (Fsp3) is 0.364. The summed E-state index contributed by atoms with van der Waals surface area (Å²) in [6.45, 7) is 1.75. The number of aliphatic hydroxyl groups is 1. The Morgan fingerprint density at radius 1 is 1.33 bits per heavy atom. The van der Waals surface area contributed by atoms with Gasteiger partial charge in [-0.25, -0.2) is 0 Å². The number of hydrogen-bond acceptors (Lipinski definition) is 6. The molecule has 1 unspecified atom stereocenters. The fourth-order valence-corrected chi connectivity index (χ4v) is 2.35. The molecule has 0 aliphatic heterocycles. The van der Waals surface area contributed by atoms with Crippen LogP contribution in [-0.4, -0.2) is 42.3 Å². The lowest BCUT2D eigenvalue weighted by molar-refractivity contribution is 0.192. The van der Waals surface area contributed by atoms with E-state index in [-0.39, 0.29) is 11.9 Å². The normalized spacial score (nSPS) is 12.6. The van der Waals surface area contributed by atoms with Crippen molar-refractivity contribution in [3.8, 4) is 11.4 Å². The molecule has 1 atom stereocenters. The van der Waals surface area contributed by atoms with Gasteiger partial charge in [0.2, 0.25) is 5.16 Å². The maximum atomic E-state index is 9.23. The third-order valence-electron chi connectivity index (χ3n) is 2.30. The van der Waals surface area contributed by atoms with Crippen molar-refractivity contribution in [2.75, 3.05) is 5.75 Å². The molecule has 0 radical (unpaired) electrons. The predicted octanol–water partition coefficient (Wildman–Crippen LogP) is 1.23. The first-order chi connectivity index (χ1) is 8.66. The lowest BCUT2D eigenvalue weighted by Gasteiger charge is -2.05. The zero-order chi connectivity index (χ0) is 13.0. The van der Waals surface area contributed by atoms with Crippen LogP contribution in [0.25, 0.3) is 5.69 Å². The van der Waals surface area contributed by atoms with Gasteiger partial charge in [0, 0.05) is 5.75 Å². The van der Waals surface area contributed by atoms with Crippen LogP contribution in [0.15, 0.2) is 29.4 Å². The van der Waals surface area contributed by atoms with Gasteiger partial charge in [0.15, 0.2) is 0 Å². The molecule has 0 bridgehead atoms. The lowest BCUT2D eigenvalue weighted by atomic mass is 10.3. The van der Waals surface area contributed by atoms with Crippen molar-refractivity contribution in [2.24, 2.45) is 0 Å². The van der Waals surface area contributed by atoms with Crippen LogP contribution in [0.2, 0.25) is 0 Å². The van der Waals surface area contributed by atoms with Crippen molar-refractivity contribution in [2.45, 2.75) is 24.6 Å². The molecule has 6 nitrogen and oxygen atoms in total. The molecule has 7 heteroatoms. The van der Waals surface area contributed by atoms with E-state index in [2.05, 4.69) is 15.5 Å². The van der Waals surface area contributed by atoms with E-state index in [9.17, 15) is 10.2 Å². The Morgan fingerprint density at radius 3 is 2.72 bits per heavy atom. The van der Waals surface area contributed by atoms with E-state index in [4.69, 9.17) is 0 Å². The van der Waals surface area contributed by atoms with E-state index in [0.717, 1.165) is 11.4 Å². The molecule has 1 aromatic carbocycles. The molecule has 0 spiro atoms. The van der Waals surface area contributed by atoms with Crippen molar-refractivity contribution in [1.29, 1.82) is 0 Å². The summed E-state index contributed by atoms with van der Waals surface area (Å²) in [6.07, 6.45) is 0.364. The average molecular weight is 266 g/mol. The number of phenolic OH excluding ortho intramolecular Hbond substituents is 1. The van der Waals surface area contributed by atoms with Crippen molar-refractivity contribution in [3.05, 3.63) is 24.3 Å². The first-order valence-corrected chi connectivity index (χ1v) is 6.54. The number of rotatable bonds is 5. The molecule has 0 aliphatic carbocycles. The number of aliphatic hydroxyl groups excluding tert-OH is 1. The second-order valence-corrected chi connectivity index (χ2v) is 4.94. The minimum Gasteiger partial charge on any atom is -0.508 e. The Balaban J connectivity index is 2.10. The van der Waals surface area contributed by atoms with Gasteiger partial charge >= 0.3 is 0 Å². The molecule has 1 aromatic heterocycles. The summed E-state index contributed by atoms with van der Waals surface area (Å²) in [4.78, 5) is 0. The lowest BCUT2D eigenvalue weighted by Crippen LogP contribution is -2.02. The highest BCUT2D eigenvalue weighted by atomic mass is 32.2. The molecule has 0 saturated carbocycles. The second kappa shape index (κ2) is 5.83. The Labute approximate surface area is 109 Å². The molecule has 2 rings (SSSR count). The number of tetrazole rings is 1. The van der Waals surface area contributed by atoms with Crippen molar-refractivity contribution in [3.63, 3.8) is 0 Å². The van der Waals surface area contributed by atoms with E-state index in [1.54, 1.807) is 35.9 Å². The first kappa shape index (κ1) is 12.8. The van der Waals surface area contributed by atoms with Gasteiger partial charge in [0.05, 0.1) is 11.8 Å². The highest BCUT2D eigenvalue weighted by molar-refractivity contribution is 7.99. The van der Waals surface area contributed by atoms with E-state index in [0.29, 0.717) is 11.6 Å². The van der Waals surface area contributed by atoms with Gasteiger partial charge in [-0.1, -0.05) is 11.8 Å². The summed E-state index contributed by atoms with van der Waals surface area (Å²) in [5, 5.41) is 30.6. The molecule has 0 aliphatic rings. The summed E-state index contributed by atoms with van der Waals surface area (Å²) in [6, 6.07) is 6.65. The average Bonchev–Trinajstić information content (AvgIpc) is 2.78. The fourth-order valence-electron chi connectivity index (χ4n) is 1.35. The third-order valence-corrected chi connectivity index (χ3v) is 3.25. The van der Waals surface area contributed by atoms with Gasteiger partial charge in [-0.3, -0.25) is 0 Å². The van der Waals surface area contributed by atoms with Crippen LogP contribution in [0.5, 0.6) is 5.75 Å². The number of aromatic nitrogens is 4. The SMILES string of the molecule is CC(O)CCSc1nnnn1-c1ccc(O)cc1. The van der Waals surface area contributed by atoms with Crippen molar-refractivity contribution >= 4 is 11.8 Å². The van der Waals surface area contributed by atoms with Crippen LogP contribution >= 0.6 is 11.8 Å². The molecule has 1 heterocycles. The molecule has 0 amide bonds. The summed E-state index contributed by atoms with van der Waals surface area (Å²) in [5.41, 5.74) is 0.789. The monoisotopic (exact) mass is 266 g/mol. The van der Waals surface area contributed by atoms with Crippen LogP contribution in [0.4, 0.5) is 0 Å². The molecule has 0 fully saturated rings. The van der Waals surface area contributed by atoms with E-state index in [1.165, 1.54) is 11.8 Å². The summed E-state index contributed by atoms with van der Waals surface area (Å²) in [5.74, 6) is 0.950. The number of hydrogen-bond donors (Lipinski definition) is 2. The van der Waals surface area contributed by atoms with Crippen LogP contribution in [-0.2, 0) is 0 Å². The zero-order valence-electron chi connectivity index (χ0n) is 9.89. The Bertz CT molecular complexity index is 498. The molecule has 96 valence electrons. The molecule has 0 saturated heterocycles. The van der Waals surface area contributed by atoms with Gasteiger partial charge in [-0.2, -0.15) is 4.68 Å². The van der Waals surface area contributed by atoms with Gasteiger partial charge < -0.3 is 10.2 Å². The Kier molecular flexibility index (Phi) is 4.16. The smallest absolute Gasteiger partial charge is 0.214 e. The zero-order valence-corrected chi connectivity index (χ0v) is 10.7. The van der Waals surface area contributed by atoms with Crippen LogP contribution in [0.3, 0.4) is 0 Å². The van der Waals surface area contributed by atoms with Crippen LogP contribution in [0.1, 0.15) is 13.3 Å². The van der Waals surface area contributed by atoms with Gasteiger partial charge in [-0.05, 0) is 48.0 Å². The first-order valence-electron chi connectivity index (χ1n) is 5.55. The Morgan fingerprint density at radius 2 is 2.06 bits per heavy atom. The number of phenols is 1. The summed E-state index contributed by atoms with van der Waals surface area (Å²) in [7, 11) is 0. The van der Waals surface area contributed by atoms with Crippen molar-refractivity contribution < 1.29 is 10.2 Å². The summed E-state index contributed by atoms with van der Waals surface area (Å²) < 4.78 is 1.60. The minimum absolute atomic E-state index is 0.204. The molecule has 18 heavy (non-hydrogen) atoms. The van der Waals surface area contributed by atoms with Gasteiger partial charge in [-0.15, -0.1) is 5.10 Å². The standard InChI is InChI=1S/C11H14N4O2S/c1-8(16)6-7-18-11-12-13-14-15(11)9-2-4-10(17)5-3-9/h2-5,8,16-17H,6-7H2,1H3. The highest BCUT2D eigenvalue weighted by Gasteiger charge is 2.09. The largest absolute Gasteiger partial charge is 0.508 e. The molecular weight excluding hydrogens is 252 g/mol. The Hall–Kier alpha value is -1.60. The molecule has 2 aromatic rings. The third kappa shape index (κ3) is 3.21. The number of thioether (sulfide) groups is 1. The maximum absolute atomic E-state index is 9.23. The highest BCUT2D eigenvalue weighted by Crippen LogP contribution is 2.20. The van der Waals surface area contributed by atoms with E-state index >= 15 is 0 Å². The van der Waals surface area contributed by atoms with Crippen molar-refractivity contribution in [1.82, 2.24) is 20.2 Å². The minimum atomic E-state index is -0.324.